The lowest BCUT2D eigenvalue weighted by Gasteiger charge is -2.36. The van der Waals surface area contributed by atoms with Crippen molar-refractivity contribution >= 4 is 5.91 Å². The minimum Gasteiger partial charge on any atom is -0.393 e. The number of hydrogen-bond acceptors (Lipinski definition) is 3. The van der Waals surface area contributed by atoms with Crippen LogP contribution in [-0.2, 0) is 11.3 Å². The van der Waals surface area contributed by atoms with Crippen molar-refractivity contribution in [3.8, 4) is 0 Å². The largest absolute Gasteiger partial charge is 0.393 e. The summed E-state index contributed by atoms with van der Waals surface area (Å²) >= 11 is 0. The predicted octanol–water partition coefficient (Wildman–Crippen LogP) is 3.44. The molecule has 0 unspecified atom stereocenters. The van der Waals surface area contributed by atoms with Gasteiger partial charge in [0.2, 0.25) is 5.91 Å². The monoisotopic (exact) mass is 376 g/mol. The summed E-state index contributed by atoms with van der Waals surface area (Å²) in [6, 6.07) is 7.05. The summed E-state index contributed by atoms with van der Waals surface area (Å²) in [7, 11) is 0. The molecule has 1 N–H and O–H groups in total. The molecule has 2 fully saturated rings. The molecule has 0 radical (unpaired) electrons. The second kappa shape index (κ2) is 9.16. The molecule has 1 aromatic rings. The predicted molar refractivity (Wildman–Crippen MR) is 105 cm³/mol. The fraction of sp³-hybridized carbons (Fsp3) is 0.682. The van der Waals surface area contributed by atoms with Crippen LogP contribution in [0.3, 0.4) is 0 Å². The van der Waals surface area contributed by atoms with Crippen LogP contribution in [0.25, 0.3) is 0 Å². The molecule has 0 aromatic heterocycles. The maximum atomic E-state index is 13.2. The normalized spacial score (nSPS) is 27.6. The average Bonchev–Trinajstić information content (AvgIpc) is 2.86. The molecule has 1 saturated heterocycles. The van der Waals surface area contributed by atoms with Crippen molar-refractivity contribution in [2.75, 3.05) is 19.6 Å². The fourth-order valence-corrected chi connectivity index (χ4v) is 4.50. The van der Waals surface area contributed by atoms with E-state index in [2.05, 4.69) is 23.6 Å². The van der Waals surface area contributed by atoms with Crippen molar-refractivity contribution < 1.29 is 14.3 Å². The fourth-order valence-electron chi connectivity index (χ4n) is 4.50. The molecular formula is C22H33FN2O2. The summed E-state index contributed by atoms with van der Waals surface area (Å²) in [5.41, 5.74) is 1.11. The highest BCUT2D eigenvalue weighted by molar-refractivity contribution is 5.79. The van der Waals surface area contributed by atoms with Crippen molar-refractivity contribution in [1.82, 2.24) is 9.80 Å². The molecule has 27 heavy (non-hydrogen) atoms. The van der Waals surface area contributed by atoms with Crippen LogP contribution < -0.4 is 0 Å². The molecular weight excluding hydrogens is 343 g/mol. The minimum atomic E-state index is -0.229. The Balaban J connectivity index is 1.67. The highest BCUT2D eigenvalue weighted by atomic mass is 19.1. The number of benzene rings is 1. The standard InChI is InChI=1S/C22H33FN2O2/c1-16(2)21-15-25(22(27)18-6-10-20(26)11-7-18)13-3-12-24(21)14-17-4-8-19(23)9-5-17/h4-5,8-9,16,18,20-21,26H,3,6-7,10-15H2,1-2H3/t18?,20?,21-/m1/s1. The number of carbonyl (C=O) groups is 1. The highest BCUT2D eigenvalue weighted by Gasteiger charge is 2.33. The highest BCUT2D eigenvalue weighted by Crippen LogP contribution is 2.28. The first-order valence-electron chi connectivity index (χ1n) is 10.4. The summed E-state index contributed by atoms with van der Waals surface area (Å²) in [5, 5.41) is 9.72. The lowest BCUT2D eigenvalue weighted by atomic mass is 9.86. The van der Waals surface area contributed by atoms with Gasteiger partial charge < -0.3 is 10.0 Å². The number of carbonyl (C=O) groups excluding carboxylic acids is 1. The van der Waals surface area contributed by atoms with Crippen molar-refractivity contribution in [2.45, 2.75) is 64.6 Å². The quantitative estimate of drug-likeness (QED) is 0.875. The Hall–Kier alpha value is -1.46. The van der Waals surface area contributed by atoms with Crippen molar-refractivity contribution in [1.29, 1.82) is 0 Å². The number of rotatable bonds is 4. The Kier molecular flexibility index (Phi) is 6.88. The molecule has 1 aliphatic heterocycles. The second-order valence-electron chi connectivity index (χ2n) is 8.55. The summed E-state index contributed by atoms with van der Waals surface area (Å²) < 4.78 is 13.2. The Morgan fingerprint density at radius 3 is 2.44 bits per heavy atom. The molecule has 1 aliphatic carbocycles. The molecule has 0 bridgehead atoms. The van der Waals surface area contributed by atoms with Gasteiger partial charge in [-0.15, -0.1) is 0 Å². The number of nitrogens with zero attached hydrogens (tertiary/aromatic N) is 2. The number of aliphatic hydroxyl groups is 1. The number of hydrogen-bond donors (Lipinski definition) is 1. The van der Waals surface area contributed by atoms with E-state index in [9.17, 15) is 14.3 Å². The van der Waals surface area contributed by atoms with E-state index in [4.69, 9.17) is 0 Å². The molecule has 4 nitrogen and oxygen atoms in total. The van der Waals surface area contributed by atoms with Crippen LogP contribution in [-0.4, -0.2) is 52.6 Å². The van der Waals surface area contributed by atoms with Gasteiger partial charge in [0.15, 0.2) is 0 Å². The van der Waals surface area contributed by atoms with E-state index in [-0.39, 0.29) is 23.7 Å². The Labute approximate surface area is 162 Å². The zero-order valence-electron chi connectivity index (χ0n) is 16.6. The Bertz CT molecular complexity index is 611. The third-order valence-electron chi connectivity index (χ3n) is 6.18. The maximum absolute atomic E-state index is 13.2. The van der Waals surface area contributed by atoms with Crippen LogP contribution in [0.2, 0.25) is 0 Å². The zero-order chi connectivity index (χ0) is 19.4. The first kappa shape index (κ1) is 20.3. The van der Waals surface area contributed by atoms with Gasteiger partial charge in [-0.05, 0) is 55.7 Å². The Morgan fingerprint density at radius 2 is 1.81 bits per heavy atom. The van der Waals surface area contributed by atoms with Gasteiger partial charge in [-0.3, -0.25) is 9.69 Å². The van der Waals surface area contributed by atoms with Gasteiger partial charge in [0.05, 0.1) is 6.10 Å². The van der Waals surface area contributed by atoms with Gasteiger partial charge in [-0.2, -0.15) is 0 Å². The lowest BCUT2D eigenvalue weighted by Crippen LogP contribution is -2.47. The van der Waals surface area contributed by atoms with E-state index < -0.39 is 0 Å². The summed E-state index contributed by atoms with van der Waals surface area (Å²) in [6.07, 6.45) is 3.84. The first-order chi connectivity index (χ1) is 12.9. The molecule has 1 amide bonds. The van der Waals surface area contributed by atoms with Gasteiger partial charge in [0, 0.05) is 38.1 Å². The molecule has 1 atom stereocenters. The average molecular weight is 377 g/mol. The number of aliphatic hydroxyl groups excluding tert-OH is 1. The van der Waals surface area contributed by atoms with Gasteiger partial charge in [0.25, 0.3) is 0 Å². The SMILES string of the molecule is CC(C)[C@H]1CN(C(=O)C2CCC(O)CC2)CCCN1Cc1ccc(F)cc1. The van der Waals surface area contributed by atoms with E-state index in [1.165, 1.54) is 12.1 Å². The van der Waals surface area contributed by atoms with E-state index in [1.807, 2.05) is 12.1 Å². The van der Waals surface area contributed by atoms with Crippen LogP contribution in [0.4, 0.5) is 4.39 Å². The molecule has 3 rings (SSSR count). The molecule has 1 heterocycles. The molecule has 5 heteroatoms. The smallest absolute Gasteiger partial charge is 0.225 e. The molecule has 1 saturated carbocycles. The summed E-state index contributed by atoms with van der Waals surface area (Å²) in [6.45, 7) is 7.74. The molecule has 150 valence electrons. The van der Waals surface area contributed by atoms with Crippen LogP contribution in [0.5, 0.6) is 0 Å². The summed E-state index contributed by atoms with van der Waals surface area (Å²) in [4.78, 5) is 17.6. The van der Waals surface area contributed by atoms with Gasteiger partial charge in [0.1, 0.15) is 5.82 Å². The van der Waals surface area contributed by atoms with Crippen molar-refractivity contribution in [3.05, 3.63) is 35.6 Å². The topological polar surface area (TPSA) is 43.8 Å². The van der Waals surface area contributed by atoms with E-state index >= 15 is 0 Å². The van der Waals surface area contributed by atoms with Crippen LogP contribution in [0.1, 0.15) is 51.5 Å². The summed E-state index contributed by atoms with van der Waals surface area (Å²) in [5.74, 6) is 0.581. The van der Waals surface area contributed by atoms with Gasteiger partial charge >= 0.3 is 0 Å². The van der Waals surface area contributed by atoms with Crippen LogP contribution in [0, 0.1) is 17.7 Å². The second-order valence-corrected chi connectivity index (χ2v) is 8.55. The van der Waals surface area contributed by atoms with Gasteiger partial charge in [-0.25, -0.2) is 4.39 Å². The van der Waals surface area contributed by atoms with Crippen LogP contribution in [0.15, 0.2) is 24.3 Å². The van der Waals surface area contributed by atoms with Crippen molar-refractivity contribution in [3.63, 3.8) is 0 Å². The van der Waals surface area contributed by atoms with E-state index in [1.54, 1.807) is 0 Å². The zero-order valence-corrected chi connectivity index (χ0v) is 16.6. The molecule has 1 aromatic carbocycles. The number of halogens is 1. The first-order valence-corrected chi connectivity index (χ1v) is 10.4. The third kappa shape index (κ3) is 5.29. The van der Waals surface area contributed by atoms with E-state index in [0.717, 1.165) is 63.8 Å². The van der Waals surface area contributed by atoms with Crippen molar-refractivity contribution in [2.24, 2.45) is 11.8 Å². The number of amides is 1. The van der Waals surface area contributed by atoms with Gasteiger partial charge in [-0.1, -0.05) is 26.0 Å². The maximum Gasteiger partial charge on any atom is 0.225 e. The third-order valence-corrected chi connectivity index (χ3v) is 6.18. The Morgan fingerprint density at radius 1 is 1.15 bits per heavy atom. The van der Waals surface area contributed by atoms with Crippen LogP contribution >= 0.6 is 0 Å². The lowest BCUT2D eigenvalue weighted by molar-refractivity contribution is -0.137. The molecule has 0 spiro atoms. The molecule has 2 aliphatic rings. The van der Waals surface area contributed by atoms with E-state index in [0.29, 0.717) is 12.0 Å². The minimum absolute atomic E-state index is 0.0739.